The van der Waals surface area contributed by atoms with E-state index in [9.17, 15) is 9.59 Å². The Kier molecular flexibility index (Phi) is 4.99. The number of carbonyl (C=O) groups excluding carboxylic acids is 2. The van der Waals surface area contributed by atoms with Gasteiger partial charge in [0.2, 0.25) is 5.91 Å². The van der Waals surface area contributed by atoms with E-state index in [1.54, 1.807) is 0 Å². The smallest absolute Gasteiger partial charge is 0.321 e. The fourth-order valence-corrected chi connectivity index (χ4v) is 2.79. The fourth-order valence-electron chi connectivity index (χ4n) is 2.79. The number of imide groups is 1. The summed E-state index contributed by atoms with van der Waals surface area (Å²) in [5.74, 6) is 0.466. The van der Waals surface area contributed by atoms with Crippen molar-refractivity contribution in [3.8, 4) is 0 Å². The quantitative estimate of drug-likeness (QED) is 0.703. The van der Waals surface area contributed by atoms with Crippen LogP contribution < -0.4 is 16.0 Å². The number of amides is 3. The predicted octanol–water partition coefficient (Wildman–Crippen LogP) is 1.00. The molecule has 1 aliphatic carbocycles. The van der Waals surface area contributed by atoms with E-state index in [0.29, 0.717) is 12.5 Å². The molecule has 102 valence electrons. The number of urea groups is 1. The van der Waals surface area contributed by atoms with Crippen LogP contribution in [0.5, 0.6) is 0 Å². The van der Waals surface area contributed by atoms with Crippen molar-refractivity contribution in [1.82, 2.24) is 16.0 Å². The summed E-state index contributed by atoms with van der Waals surface area (Å²) in [6.07, 6.45) is 6.57. The van der Waals surface area contributed by atoms with E-state index < -0.39 is 0 Å². The third kappa shape index (κ3) is 3.98. The summed E-state index contributed by atoms with van der Waals surface area (Å²) in [6, 6.07) is -0.328. The first-order chi connectivity index (χ1) is 8.75. The number of rotatable bonds is 3. The second-order valence-corrected chi connectivity index (χ2v) is 5.37. The van der Waals surface area contributed by atoms with Gasteiger partial charge in [0.05, 0.1) is 0 Å². The molecule has 0 spiro atoms. The first kappa shape index (κ1) is 13.3. The molecule has 3 amide bonds. The molecule has 1 saturated heterocycles. The minimum absolute atomic E-state index is 0.0107. The molecule has 0 aromatic heterocycles. The van der Waals surface area contributed by atoms with Crippen molar-refractivity contribution in [3.63, 3.8) is 0 Å². The third-order valence-electron chi connectivity index (χ3n) is 3.97. The maximum atomic E-state index is 11.8. The van der Waals surface area contributed by atoms with Gasteiger partial charge in [-0.15, -0.1) is 0 Å². The molecular weight excluding hydrogens is 230 g/mol. The fraction of sp³-hybridized carbons (Fsp3) is 0.846. The molecule has 2 aliphatic rings. The molecular formula is C13H23N3O2. The minimum Gasteiger partial charge on any atom is -0.338 e. The summed E-state index contributed by atoms with van der Waals surface area (Å²) in [5.41, 5.74) is 0. The van der Waals surface area contributed by atoms with Crippen molar-refractivity contribution in [3.05, 3.63) is 0 Å². The summed E-state index contributed by atoms with van der Waals surface area (Å²) in [6.45, 7) is 2.43. The van der Waals surface area contributed by atoms with Gasteiger partial charge in [0.15, 0.2) is 0 Å². The number of hydrogen-bond acceptors (Lipinski definition) is 3. The largest absolute Gasteiger partial charge is 0.338 e. The van der Waals surface area contributed by atoms with Gasteiger partial charge in [0, 0.05) is 12.5 Å². The van der Waals surface area contributed by atoms with Crippen LogP contribution in [0.4, 0.5) is 4.79 Å². The van der Waals surface area contributed by atoms with Gasteiger partial charge in [-0.05, 0) is 44.7 Å². The molecule has 1 heterocycles. The van der Waals surface area contributed by atoms with Crippen LogP contribution in [0.2, 0.25) is 0 Å². The van der Waals surface area contributed by atoms with E-state index in [1.807, 2.05) is 0 Å². The lowest BCUT2D eigenvalue weighted by Gasteiger charge is -2.21. The number of nitrogens with one attached hydrogen (secondary N) is 3. The van der Waals surface area contributed by atoms with E-state index in [2.05, 4.69) is 16.0 Å². The molecule has 0 aromatic carbocycles. The normalized spacial score (nSPS) is 21.8. The van der Waals surface area contributed by atoms with Crippen LogP contribution >= 0.6 is 0 Å². The van der Waals surface area contributed by atoms with E-state index in [4.69, 9.17) is 0 Å². The second kappa shape index (κ2) is 6.73. The van der Waals surface area contributed by atoms with Crippen LogP contribution in [0.25, 0.3) is 0 Å². The van der Waals surface area contributed by atoms with Crippen molar-refractivity contribution < 1.29 is 9.59 Å². The number of carbonyl (C=O) groups is 2. The van der Waals surface area contributed by atoms with Crippen molar-refractivity contribution in [2.45, 2.75) is 38.5 Å². The molecule has 5 nitrogen and oxygen atoms in total. The molecule has 18 heavy (non-hydrogen) atoms. The predicted molar refractivity (Wildman–Crippen MR) is 69.1 cm³/mol. The van der Waals surface area contributed by atoms with Crippen LogP contribution in [0.1, 0.15) is 38.5 Å². The molecule has 1 aliphatic heterocycles. The molecule has 0 aromatic rings. The Morgan fingerprint density at radius 3 is 2.39 bits per heavy atom. The third-order valence-corrected chi connectivity index (χ3v) is 3.97. The molecule has 0 atom stereocenters. The van der Waals surface area contributed by atoms with Gasteiger partial charge in [0.1, 0.15) is 0 Å². The molecule has 2 rings (SSSR count). The minimum atomic E-state index is -0.328. The molecule has 1 saturated carbocycles. The molecule has 3 N–H and O–H groups in total. The van der Waals surface area contributed by atoms with Gasteiger partial charge < -0.3 is 10.6 Å². The van der Waals surface area contributed by atoms with Crippen molar-refractivity contribution in [2.24, 2.45) is 11.8 Å². The van der Waals surface area contributed by atoms with Gasteiger partial charge in [-0.1, -0.05) is 12.8 Å². The van der Waals surface area contributed by atoms with Crippen LogP contribution in [0.15, 0.2) is 0 Å². The van der Waals surface area contributed by atoms with E-state index >= 15 is 0 Å². The molecule has 0 radical (unpaired) electrons. The van der Waals surface area contributed by atoms with Crippen LogP contribution in [0, 0.1) is 11.8 Å². The molecule has 0 unspecified atom stereocenters. The van der Waals surface area contributed by atoms with Crippen molar-refractivity contribution >= 4 is 11.9 Å². The van der Waals surface area contributed by atoms with E-state index in [0.717, 1.165) is 25.9 Å². The Morgan fingerprint density at radius 1 is 1.06 bits per heavy atom. The van der Waals surface area contributed by atoms with E-state index in [-0.39, 0.29) is 17.9 Å². The van der Waals surface area contributed by atoms with Crippen LogP contribution in [-0.4, -0.2) is 31.6 Å². The summed E-state index contributed by atoms with van der Waals surface area (Å²) < 4.78 is 0. The molecule has 2 fully saturated rings. The summed E-state index contributed by atoms with van der Waals surface area (Å²) in [4.78, 5) is 23.4. The highest BCUT2D eigenvalue weighted by Gasteiger charge is 2.23. The Bertz CT molecular complexity index is 295. The van der Waals surface area contributed by atoms with Gasteiger partial charge in [-0.2, -0.15) is 0 Å². The average Bonchev–Trinajstić information content (AvgIpc) is 2.90. The number of piperidine rings is 1. The number of hydrogen-bond donors (Lipinski definition) is 3. The summed E-state index contributed by atoms with van der Waals surface area (Å²) >= 11 is 0. The Morgan fingerprint density at radius 2 is 1.72 bits per heavy atom. The SMILES string of the molecule is O=C(NCC1CCCC1)NC(=O)C1CCNCC1. The summed E-state index contributed by atoms with van der Waals surface area (Å²) in [7, 11) is 0. The van der Waals surface area contributed by atoms with Gasteiger partial charge in [-0.3, -0.25) is 10.1 Å². The molecule has 0 bridgehead atoms. The lowest BCUT2D eigenvalue weighted by Crippen LogP contribution is -2.45. The first-order valence-corrected chi connectivity index (χ1v) is 7.05. The highest BCUT2D eigenvalue weighted by Crippen LogP contribution is 2.23. The maximum absolute atomic E-state index is 11.8. The lowest BCUT2D eigenvalue weighted by atomic mass is 9.97. The van der Waals surface area contributed by atoms with Crippen LogP contribution in [-0.2, 0) is 4.79 Å². The Labute approximate surface area is 108 Å². The van der Waals surface area contributed by atoms with Crippen molar-refractivity contribution in [2.75, 3.05) is 19.6 Å². The summed E-state index contributed by atoms with van der Waals surface area (Å²) in [5, 5.41) is 8.47. The van der Waals surface area contributed by atoms with E-state index in [1.165, 1.54) is 25.7 Å². The van der Waals surface area contributed by atoms with Gasteiger partial charge in [-0.25, -0.2) is 4.79 Å². The molecule has 5 heteroatoms. The van der Waals surface area contributed by atoms with Crippen molar-refractivity contribution in [1.29, 1.82) is 0 Å². The zero-order chi connectivity index (χ0) is 12.8. The average molecular weight is 253 g/mol. The highest BCUT2D eigenvalue weighted by atomic mass is 16.2. The van der Waals surface area contributed by atoms with Gasteiger partial charge in [0.25, 0.3) is 0 Å². The van der Waals surface area contributed by atoms with Gasteiger partial charge >= 0.3 is 6.03 Å². The Hall–Kier alpha value is -1.10. The standard InChI is InChI=1S/C13H23N3O2/c17-12(11-5-7-14-8-6-11)16-13(18)15-9-10-3-1-2-4-10/h10-11,14H,1-9H2,(H2,15,16,17,18). The highest BCUT2D eigenvalue weighted by molar-refractivity contribution is 5.95. The Balaban J connectivity index is 1.64. The first-order valence-electron chi connectivity index (χ1n) is 7.05. The lowest BCUT2D eigenvalue weighted by molar-refractivity contribution is -0.124. The van der Waals surface area contributed by atoms with Crippen LogP contribution in [0.3, 0.4) is 0 Å². The maximum Gasteiger partial charge on any atom is 0.321 e. The zero-order valence-electron chi connectivity index (χ0n) is 10.8. The monoisotopic (exact) mass is 253 g/mol. The topological polar surface area (TPSA) is 70.2 Å². The zero-order valence-corrected chi connectivity index (χ0v) is 10.8. The second-order valence-electron chi connectivity index (χ2n) is 5.37.